The summed E-state index contributed by atoms with van der Waals surface area (Å²) in [7, 11) is 0. The molecule has 0 unspecified atom stereocenters. The average Bonchev–Trinajstić information content (AvgIpc) is 2.35. The smallest absolute Gasteiger partial charge is 0.00468 e. The molecule has 0 aliphatic heterocycles. The summed E-state index contributed by atoms with van der Waals surface area (Å²) in [6.45, 7) is 4.20. The van der Waals surface area contributed by atoms with Gasteiger partial charge in [0, 0.05) is 0 Å². The number of benzene rings is 2. The fourth-order valence-electron chi connectivity index (χ4n) is 1.93. The number of allylic oxidation sites excluding steroid dienone is 4. The Morgan fingerprint density at radius 3 is 2.41 bits per heavy atom. The summed E-state index contributed by atoms with van der Waals surface area (Å²) in [4.78, 5) is 0. The van der Waals surface area contributed by atoms with Crippen molar-refractivity contribution >= 4 is 38.9 Å². The molecule has 1 heteroatoms. The first kappa shape index (κ1) is 12.4. The normalized spacial score (nSPS) is 13.1. The fraction of sp³-hybridized carbons (Fsp3) is 0.125. The Hall–Kier alpha value is -1.09. The van der Waals surface area contributed by atoms with E-state index >= 15 is 0 Å². The van der Waals surface area contributed by atoms with Gasteiger partial charge in [-0.1, -0.05) is 48.6 Å². The average molecular weight is 334 g/mol. The Bertz CT molecular complexity index is 587. The largest absolute Gasteiger partial charge is 0.0870 e. The number of hydrogen-bond acceptors (Lipinski definition) is 0. The van der Waals surface area contributed by atoms with Crippen molar-refractivity contribution in [3.63, 3.8) is 0 Å². The first-order valence-corrected chi connectivity index (χ1v) is 6.78. The van der Waals surface area contributed by atoms with E-state index in [1.807, 2.05) is 0 Å². The van der Waals surface area contributed by atoms with Crippen LogP contribution in [0.1, 0.15) is 19.4 Å². The van der Waals surface area contributed by atoms with Gasteiger partial charge in [-0.3, -0.25) is 0 Å². The van der Waals surface area contributed by atoms with Gasteiger partial charge in [-0.05, 0) is 68.0 Å². The van der Waals surface area contributed by atoms with Gasteiger partial charge in [-0.2, -0.15) is 0 Å². The van der Waals surface area contributed by atoms with E-state index in [-0.39, 0.29) is 0 Å². The lowest BCUT2D eigenvalue weighted by molar-refractivity contribution is 1.60. The minimum Gasteiger partial charge on any atom is -0.0870 e. The van der Waals surface area contributed by atoms with Gasteiger partial charge in [0.15, 0.2) is 0 Å². The second kappa shape index (κ2) is 5.50. The highest BCUT2D eigenvalue weighted by Crippen LogP contribution is 2.27. The summed E-state index contributed by atoms with van der Waals surface area (Å²) in [5, 5.41) is 2.59. The summed E-state index contributed by atoms with van der Waals surface area (Å²) in [5.74, 6) is 0. The van der Waals surface area contributed by atoms with E-state index in [0.717, 1.165) is 0 Å². The van der Waals surface area contributed by atoms with Crippen LogP contribution in [0.4, 0.5) is 0 Å². The van der Waals surface area contributed by atoms with Crippen molar-refractivity contribution in [2.24, 2.45) is 0 Å². The highest BCUT2D eigenvalue weighted by atomic mass is 127. The van der Waals surface area contributed by atoms with E-state index in [4.69, 9.17) is 0 Å². The van der Waals surface area contributed by atoms with Crippen molar-refractivity contribution in [3.8, 4) is 0 Å². The summed E-state index contributed by atoms with van der Waals surface area (Å²) in [6, 6.07) is 15.1. The quantitative estimate of drug-likeness (QED) is 0.497. The summed E-state index contributed by atoms with van der Waals surface area (Å²) in [6.07, 6.45) is 4.26. The van der Waals surface area contributed by atoms with Crippen LogP contribution >= 0.6 is 22.6 Å². The lowest BCUT2D eigenvalue weighted by Gasteiger charge is -2.06. The molecule has 0 bridgehead atoms. The molecule has 17 heavy (non-hydrogen) atoms. The molecule has 2 rings (SSSR count). The van der Waals surface area contributed by atoms with Crippen LogP contribution < -0.4 is 0 Å². The summed E-state index contributed by atoms with van der Waals surface area (Å²) in [5.41, 5.74) is 2.59. The first-order chi connectivity index (χ1) is 8.22. The lowest BCUT2D eigenvalue weighted by atomic mass is 10.0. The zero-order valence-electron chi connectivity index (χ0n) is 10.1. The van der Waals surface area contributed by atoms with E-state index < -0.39 is 0 Å². The molecule has 2 aromatic carbocycles. The molecular weight excluding hydrogens is 319 g/mol. The Morgan fingerprint density at radius 2 is 1.76 bits per heavy atom. The van der Waals surface area contributed by atoms with Crippen LogP contribution in [0.5, 0.6) is 0 Å². The first-order valence-electron chi connectivity index (χ1n) is 5.70. The van der Waals surface area contributed by atoms with E-state index in [2.05, 4.69) is 91.1 Å². The van der Waals surface area contributed by atoms with E-state index in [1.165, 1.54) is 25.5 Å². The van der Waals surface area contributed by atoms with Gasteiger partial charge < -0.3 is 0 Å². The van der Waals surface area contributed by atoms with Gasteiger partial charge in [-0.15, -0.1) is 0 Å². The molecule has 0 spiro atoms. The molecule has 0 aromatic heterocycles. The topological polar surface area (TPSA) is 0 Å². The molecule has 0 atom stereocenters. The molecule has 0 nitrogen and oxygen atoms in total. The summed E-state index contributed by atoms with van der Waals surface area (Å²) < 4.78 is 1.32. The predicted molar refractivity (Wildman–Crippen MR) is 85.4 cm³/mol. The van der Waals surface area contributed by atoms with Crippen molar-refractivity contribution in [1.82, 2.24) is 0 Å². The Labute approximate surface area is 116 Å². The van der Waals surface area contributed by atoms with Crippen LogP contribution in [0, 0.1) is 0 Å². The number of halogens is 1. The van der Waals surface area contributed by atoms with Crippen molar-refractivity contribution in [3.05, 3.63) is 63.8 Å². The minimum atomic E-state index is 1.29. The Morgan fingerprint density at radius 1 is 1.06 bits per heavy atom. The van der Waals surface area contributed by atoms with Crippen molar-refractivity contribution in [2.45, 2.75) is 13.8 Å². The van der Waals surface area contributed by atoms with Gasteiger partial charge in [0.2, 0.25) is 0 Å². The highest BCUT2D eigenvalue weighted by molar-refractivity contribution is 14.1. The van der Waals surface area contributed by atoms with Gasteiger partial charge in [0.1, 0.15) is 0 Å². The van der Waals surface area contributed by atoms with Gasteiger partial charge in [0.05, 0.1) is 0 Å². The standard InChI is InChI=1S/C16H15I/c1-3-6-16(12(2)17)15-10-9-13-7-4-5-8-14(13)11-15/h3-11H,1-2H3/b6-3-,16-12-. The lowest BCUT2D eigenvalue weighted by Crippen LogP contribution is -1.83. The van der Waals surface area contributed by atoms with Gasteiger partial charge >= 0.3 is 0 Å². The molecule has 2 aromatic rings. The maximum Gasteiger partial charge on any atom is -0.00468 e. The highest BCUT2D eigenvalue weighted by Gasteiger charge is 2.02. The number of hydrogen-bond donors (Lipinski definition) is 0. The van der Waals surface area contributed by atoms with E-state index in [0.29, 0.717) is 0 Å². The third-order valence-corrected chi connectivity index (χ3v) is 3.35. The third-order valence-electron chi connectivity index (χ3n) is 2.76. The predicted octanol–water partition coefficient (Wildman–Crippen LogP) is 5.58. The molecule has 0 amide bonds. The SMILES string of the molecule is C/C=C\C(=C(/C)I)c1ccc2ccccc2c1. The third kappa shape index (κ3) is 2.78. The monoisotopic (exact) mass is 334 g/mol. The molecule has 0 aliphatic carbocycles. The molecule has 0 aliphatic rings. The van der Waals surface area contributed by atoms with Gasteiger partial charge in [-0.25, -0.2) is 0 Å². The van der Waals surface area contributed by atoms with Crippen molar-refractivity contribution in [1.29, 1.82) is 0 Å². The zero-order chi connectivity index (χ0) is 12.3. The maximum absolute atomic E-state index is 2.38. The molecule has 0 heterocycles. The van der Waals surface area contributed by atoms with Crippen LogP contribution in [0.25, 0.3) is 16.3 Å². The Balaban J connectivity index is 2.59. The second-order valence-corrected chi connectivity index (χ2v) is 5.63. The second-order valence-electron chi connectivity index (χ2n) is 4.01. The molecule has 0 N–H and O–H groups in total. The maximum atomic E-state index is 2.38. The molecule has 0 saturated heterocycles. The fourth-order valence-corrected chi connectivity index (χ4v) is 2.42. The van der Waals surface area contributed by atoms with Crippen LogP contribution in [0.3, 0.4) is 0 Å². The molecule has 0 radical (unpaired) electrons. The minimum absolute atomic E-state index is 1.29. The van der Waals surface area contributed by atoms with E-state index in [1.54, 1.807) is 0 Å². The van der Waals surface area contributed by atoms with Crippen LogP contribution in [0.2, 0.25) is 0 Å². The van der Waals surface area contributed by atoms with Crippen molar-refractivity contribution in [2.75, 3.05) is 0 Å². The van der Waals surface area contributed by atoms with Gasteiger partial charge in [0.25, 0.3) is 0 Å². The Kier molecular flexibility index (Phi) is 4.00. The molecule has 0 fully saturated rings. The van der Waals surface area contributed by atoms with Crippen LogP contribution in [0.15, 0.2) is 58.2 Å². The zero-order valence-corrected chi connectivity index (χ0v) is 12.2. The number of fused-ring (bicyclic) bond motifs is 1. The molecular formula is C16H15I. The number of rotatable bonds is 2. The van der Waals surface area contributed by atoms with E-state index in [9.17, 15) is 0 Å². The summed E-state index contributed by atoms with van der Waals surface area (Å²) >= 11 is 2.38. The molecule has 86 valence electrons. The van der Waals surface area contributed by atoms with Crippen LogP contribution in [-0.4, -0.2) is 0 Å². The molecule has 0 saturated carbocycles. The van der Waals surface area contributed by atoms with Crippen LogP contribution in [-0.2, 0) is 0 Å². The van der Waals surface area contributed by atoms with Crippen molar-refractivity contribution < 1.29 is 0 Å².